The number of hydrogen-bond acceptors (Lipinski definition) is 3. The monoisotopic (exact) mass is 294 g/mol. The Morgan fingerprint density at radius 2 is 1.65 bits per heavy atom. The van der Waals surface area contributed by atoms with Crippen LogP contribution in [0.3, 0.4) is 0 Å². The molecule has 0 aliphatic heterocycles. The second kappa shape index (κ2) is 5.47. The van der Waals surface area contributed by atoms with Gasteiger partial charge < -0.3 is 5.73 Å². The summed E-state index contributed by atoms with van der Waals surface area (Å²) >= 11 is 0. The first-order valence-corrected chi connectivity index (χ1v) is 8.87. The lowest BCUT2D eigenvalue weighted by atomic mass is 9.99. The van der Waals surface area contributed by atoms with Crippen molar-refractivity contribution in [3.05, 3.63) is 29.8 Å². The summed E-state index contributed by atoms with van der Waals surface area (Å²) in [6, 6.07) is 6.81. The van der Waals surface area contributed by atoms with Crippen molar-refractivity contribution in [2.24, 2.45) is 23.5 Å². The summed E-state index contributed by atoms with van der Waals surface area (Å²) in [6.07, 6.45) is 5.09. The summed E-state index contributed by atoms with van der Waals surface area (Å²) < 4.78 is 27.4. The van der Waals surface area contributed by atoms with E-state index in [1.54, 1.807) is 24.3 Å². The van der Waals surface area contributed by atoms with Gasteiger partial charge in [-0.1, -0.05) is 12.1 Å². The van der Waals surface area contributed by atoms with Gasteiger partial charge in [-0.3, -0.25) is 0 Å². The van der Waals surface area contributed by atoms with Crippen molar-refractivity contribution < 1.29 is 8.42 Å². The van der Waals surface area contributed by atoms with Crippen LogP contribution < -0.4 is 10.5 Å². The van der Waals surface area contributed by atoms with E-state index < -0.39 is 10.0 Å². The van der Waals surface area contributed by atoms with E-state index in [9.17, 15) is 8.42 Å². The molecule has 0 amide bonds. The zero-order valence-corrected chi connectivity index (χ0v) is 12.4. The van der Waals surface area contributed by atoms with Crippen LogP contribution in [0.5, 0.6) is 0 Å². The summed E-state index contributed by atoms with van der Waals surface area (Å²) in [7, 11) is -3.38. The van der Waals surface area contributed by atoms with E-state index in [0.29, 0.717) is 23.9 Å². The van der Waals surface area contributed by atoms with Crippen LogP contribution in [0.1, 0.15) is 31.2 Å². The Bertz CT molecular complexity index is 548. The maximum Gasteiger partial charge on any atom is 0.240 e. The quantitative estimate of drug-likeness (QED) is 0.806. The van der Waals surface area contributed by atoms with Crippen LogP contribution in [0.2, 0.25) is 0 Å². The average Bonchev–Trinajstić information content (AvgIpc) is 3.32. The molecule has 2 aliphatic carbocycles. The van der Waals surface area contributed by atoms with Crippen molar-refractivity contribution in [1.82, 2.24) is 4.72 Å². The van der Waals surface area contributed by atoms with Gasteiger partial charge in [-0.05, 0) is 61.1 Å². The molecular formula is C15H22N2O2S. The molecule has 4 nitrogen and oxygen atoms in total. The first-order chi connectivity index (χ1) is 9.60. The zero-order valence-electron chi connectivity index (χ0n) is 11.6. The molecule has 0 aromatic heterocycles. The molecule has 110 valence electrons. The van der Waals surface area contributed by atoms with Gasteiger partial charge in [-0.2, -0.15) is 0 Å². The molecule has 1 aromatic rings. The van der Waals surface area contributed by atoms with Crippen molar-refractivity contribution in [3.8, 4) is 0 Å². The lowest BCUT2D eigenvalue weighted by Gasteiger charge is -2.16. The molecule has 2 fully saturated rings. The van der Waals surface area contributed by atoms with Gasteiger partial charge in [0.1, 0.15) is 0 Å². The number of sulfonamides is 1. The maximum atomic E-state index is 12.3. The van der Waals surface area contributed by atoms with Crippen LogP contribution in [0.15, 0.2) is 29.2 Å². The molecule has 0 bridgehead atoms. The Hall–Kier alpha value is -0.910. The number of nitrogens with two attached hydrogens (primary N) is 1. The third-order valence-corrected chi connectivity index (χ3v) is 5.87. The first-order valence-electron chi connectivity index (χ1n) is 7.39. The molecule has 3 rings (SSSR count). The van der Waals surface area contributed by atoms with Gasteiger partial charge in [-0.15, -0.1) is 0 Å². The van der Waals surface area contributed by atoms with E-state index in [1.165, 1.54) is 25.7 Å². The lowest BCUT2D eigenvalue weighted by molar-refractivity contribution is 0.401. The molecule has 0 atom stereocenters. The standard InChI is InChI=1S/C15H22N2O2S/c16-9-11-1-7-14(8-2-11)20(18,19)17-10-15(12-3-4-12)13-5-6-13/h1-2,7-8,12-13,15,17H,3-6,9-10,16H2. The van der Waals surface area contributed by atoms with Crippen molar-refractivity contribution in [2.45, 2.75) is 37.1 Å². The second-order valence-corrected chi connectivity index (χ2v) is 7.81. The van der Waals surface area contributed by atoms with Gasteiger partial charge in [0, 0.05) is 13.1 Å². The highest BCUT2D eigenvalue weighted by molar-refractivity contribution is 7.89. The molecule has 3 N–H and O–H groups in total. The molecule has 5 heteroatoms. The van der Waals surface area contributed by atoms with Gasteiger partial charge in [0.25, 0.3) is 0 Å². The Labute approximate surface area is 120 Å². The average molecular weight is 294 g/mol. The van der Waals surface area contributed by atoms with E-state index in [-0.39, 0.29) is 0 Å². The van der Waals surface area contributed by atoms with Gasteiger partial charge in [0.15, 0.2) is 0 Å². The van der Waals surface area contributed by atoms with Crippen LogP contribution in [0.25, 0.3) is 0 Å². The minimum absolute atomic E-state index is 0.333. The minimum atomic E-state index is -3.38. The van der Waals surface area contributed by atoms with Crippen LogP contribution in [-0.2, 0) is 16.6 Å². The largest absolute Gasteiger partial charge is 0.326 e. The Morgan fingerprint density at radius 1 is 1.10 bits per heavy atom. The van der Waals surface area contributed by atoms with E-state index in [2.05, 4.69) is 4.72 Å². The third kappa shape index (κ3) is 3.22. The fourth-order valence-electron chi connectivity index (χ4n) is 2.86. The summed E-state index contributed by atoms with van der Waals surface area (Å²) in [5, 5.41) is 0. The normalized spacial score (nSPS) is 19.5. The molecule has 2 saturated carbocycles. The number of benzene rings is 1. The highest BCUT2D eigenvalue weighted by atomic mass is 32.2. The topological polar surface area (TPSA) is 72.2 Å². The van der Waals surface area contributed by atoms with E-state index in [4.69, 9.17) is 5.73 Å². The summed E-state index contributed by atoms with van der Waals surface area (Å²) in [4.78, 5) is 0.333. The predicted molar refractivity (Wildman–Crippen MR) is 78.5 cm³/mol. The van der Waals surface area contributed by atoms with Crippen molar-refractivity contribution >= 4 is 10.0 Å². The first kappa shape index (κ1) is 14.0. The number of nitrogens with one attached hydrogen (secondary N) is 1. The molecular weight excluding hydrogens is 272 g/mol. The summed E-state index contributed by atoms with van der Waals surface area (Å²) in [5.41, 5.74) is 6.47. The SMILES string of the molecule is NCc1ccc(S(=O)(=O)NCC(C2CC2)C2CC2)cc1. The van der Waals surface area contributed by atoms with E-state index in [0.717, 1.165) is 17.4 Å². The highest BCUT2D eigenvalue weighted by Gasteiger charge is 2.41. The second-order valence-electron chi connectivity index (χ2n) is 6.04. The van der Waals surface area contributed by atoms with Crippen LogP contribution >= 0.6 is 0 Å². The van der Waals surface area contributed by atoms with Crippen LogP contribution in [-0.4, -0.2) is 15.0 Å². The third-order valence-electron chi connectivity index (χ3n) is 4.43. The molecule has 1 aromatic carbocycles. The van der Waals surface area contributed by atoms with E-state index in [1.807, 2.05) is 0 Å². The molecule has 0 unspecified atom stereocenters. The Balaban J connectivity index is 1.64. The van der Waals surface area contributed by atoms with Crippen molar-refractivity contribution in [1.29, 1.82) is 0 Å². The molecule has 0 saturated heterocycles. The van der Waals surface area contributed by atoms with Crippen LogP contribution in [0.4, 0.5) is 0 Å². The molecule has 0 spiro atoms. The molecule has 0 radical (unpaired) electrons. The minimum Gasteiger partial charge on any atom is -0.326 e. The van der Waals surface area contributed by atoms with Gasteiger partial charge in [0.05, 0.1) is 4.90 Å². The summed E-state index contributed by atoms with van der Waals surface area (Å²) in [5.74, 6) is 2.06. The highest BCUT2D eigenvalue weighted by Crippen LogP contribution is 2.48. The maximum absolute atomic E-state index is 12.3. The van der Waals surface area contributed by atoms with Gasteiger partial charge >= 0.3 is 0 Å². The van der Waals surface area contributed by atoms with Crippen molar-refractivity contribution in [2.75, 3.05) is 6.54 Å². The smallest absolute Gasteiger partial charge is 0.240 e. The Morgan fingerprint density at radius 3 is 2.10 bits per heavy atom. The number of rotatable bonds is 7. The van der Waals surface area contributed by atoms with Gasteiger partial charge in [0.2, 0.25) is 10.0 Å². The Kier molecular flexibility index (Phi) is 3.84. The van der Waals surface area contributed by atoms with Crippen LogP contribution in [0, 0.1) is 17.8 Å². The van der Waals surface area contributed by atoms with E-state index >= 15 is 0 Å². The number of hydrogen-bond donors (Lipinski definition) is 2. The fraction of sp³-hybridized carbons (Fsp3) is 0.600. The molecule has 2 aliphatic rings. The fourth-order valence-corrected chi connectivity index (χ4v) is 3.93. The molecule has 20 heavy (non-hydrogen) atoms. The predicted octanol–water partition coefficient (Wildman–Crippen LogP) is 1.86. The van der Waals surface area contributed by atoms with Crippen molar-refractivity contribution in [3.63, 3.8) is 0 Å². The summed E-state index contributed by atoms with van der Waals surface area (Å²) in [6.45, 7) is 1.02. The van der Waals surface area contributed by atoms with Gasteiger partial charge in [-0.25, -0.2) is 13.1 Å². The zero-order chi connectivity index (χ0) is 14.2. The lowest BCUT2D eigenvalue weighted by Crippen LogP contribution is -2.31. The molecule has 0 heterocycles.